The van der Waals surface area contributed by atoms with E-state index >= 15 is 0 Å². The Morgan fingerprint density at radius 2 is 2.12 bits per heavy atom. The van der Waals surface area contributed by atoms with Crippen LogP contribution in [0.1, 0.15) is 31.3 Å². The van der Waals surface area contributed by atoms with Gasteiger partial charge in [-0.15, -0.1) is 0 Å². The van der Waals surface area contributed by atoms with Gasteiger partial charge in [0.05, 0.1) is 5.69 Å². The van der Waals surface area contributed by atoms with Crippen LogP contribution < -0.4 is 5.73 Å². The second kappa shape index (κ2) is 4.22. The van der Waals surface area contributed by atoms with Crippen molar-refractivity contribution in [3.8, 4) is 0 Å². The number of nitrogens with two attached hydrogens (primary N) is 1. The van der Waals surface area contributed by atoms with Crippen molar-refractivity contribution in [2.24, 2.45) is 12.8 Å². The topological polar surface area (TPSA) is 56.7 Å². The number of fused-ring (bicyclic) bond motifs is 1. The van der Waals surface area contributed by atoms with E-state index in [9.17, 15) is 0 Å². The molecule has 0 amide bonds. The summed E-state index contributed by atoms with van der Waals surface area (Å²) in [6.45, 7) is 4.90. The molecule has 0 aliphatic heterocycles. The standard InChI is InChI=1S/C12H18N4/c1-8(2)11-9-5-7-16(3)12(9)15-10(14-11)4-6-13/h5,7-8H,4,6,13H2,1-3H3. The molecule has 2 aromatic rings. The molecular formula is C12H18N4. The molecule has 0 radical (unpaired) electrons. The highest BCUT2D eigenvalue weighted by Crippen LogP contribution is 2.23. The van der Waals surface area contributed by atoms with Gasteiger partial charge >= 0.3 is 0 Å². The van der Waals surface area contributed by atoms with E-state index in [1.807, 2.05) is 17.8 Å². The normalized spacial score (nSPS) is 11.6. The molecule has 2 rings (SSSR count). The number of hydrogen-bond acceptors (Lipinski definition) is 3. The highest BCUT2D eigenvalue weighted by atomic mass is 15.0. The van der Waals surface area contributed by atoms with Crippen LogP contribution in [0.4, 0.5) is 0 Å². The molecule has 0 aliphatic carbocycles. The maximum absolute atomic E-state index is 5.56. The van der Waals surface area contributed by atoms with Crippen LogP contribution in [0.5, 0.6) is 0 Å². The van der Waals surface area contributed by atoms with Crippen molar-refractivity contribution < 1.29 is 0 Å². The molecule has 0 unspecified atom stereocenters. The summed E-state index contributed by atoms with van der Waals surface area (Å²) < 4.78 is 2.03. The first-order chi connectivity index (χ1) is 7.63. The third-order valence-electron chi connectivity index (χ3n) is 2.72. The van der Waals surface area contributed by atoms with Crippen LogP contribution in [0.25, 0.3) is 11.0 Å². The summed E-state index contributed by atoms with van der Waals surface area (Å²) in [5.41, 5.74) is 7.68. The molecule has 16 heavy (non-hydrogen) atoms. The smallest absolute Gasteiger partial charge is 0.143 e. The van der Waals surface area contributed by atoms with Crippen molar-refractivity contribution >= 4 is 11.0 Å². The van der Waals surface area contributed by atoms with E-state index in [0.29, 0.717) is 12.5 Å². The first-order valence-corrected chi connectivity index (χ1v) is 5.65. The van der Waals surface area contributed by atoms with E-state index in [-0.39, 0.29) is 0 Å². The van der Waals surface area contributed by atoms with Gasteiger partial charge in [0.15, 0.2) is 0 Å². The zero-order chi connectivity index (χ0) is 11.7. The van der Waals surface area contributed by atoms with Crippen LogP contribution >= 0.6 is 0 Å². The number of rotatable bonds is 3. The quantitative estimate of drug-likeness (QED) is 0.851. The van der Waals surface area contributed by atoms with E-state index in [2.05, 4.69) is 29.9 Å². The number of aromatic nitrogens is 3. The van der Waals surface area contributed by atoms with E-state index in [0.717, 1.165) is 29.0 Å². The fourth-order valence-electron chi connectivity index (χ4n) is 1.89. The fourth-order valence-corrected chi connectivity index (χ4v) is 1.89. The van der Waals surface area contributed by atoms with Crippen LogP contribution in [0.3, 0.4) is 0 Å². The molecule has 2 N–H and O–H groups in total. The van der Waals surface area contributed by atoms with Gasteiger partial charge in [0.2, 0.25) is 0 Å². The van der Waals surface area contributed by atoms with Gasteiger partial charge in [0.1, 0.15) is 11.5 Å². The second-order valence-electron chi connectivity index (χ2n) is 4.38. The molecule has 0 aromatic carbocycles. The van der Waals surface area contributed by atoms with Crippen molar-refractivity contribution in [2.45, 2.75) is 26.2 Å². The van der Waals surface area contributed by atoms with Gasteiger partial charge in [-0.25, -0.2) is 9.97 Å². The van der Waals surface area contributed by atoms with Crippen LogP contribution in [0.15, 0.2) is 12.3 Å². The van der Waals surface area contributed by atoms with Crippen LogP contribution in [0, 0.1) is 0 Å². The molecule has 4 heteroatoms. The molecule has 2 aromatic heterocycles. The Balaban J connectivity index is 2.65. The zero-order valence-electron chi connectivity index (χ0n) is 10.1. The molecule has 0 bridgehead atoms. The first-order valence-electron chi connectivity index (χ1n) is 5.65. The van der Waals surface area contributed by atoms with Gasteiger partial charge in [0, 0.05) is 25.1 Å². The maximum Gasteiger partial charge on any atom is 0.143 e. The summed E-state index contributed by atoms with van der Waals surface area (Å²) >= 11 is 0. The fraction of sp³-hybridized carbons (Fsp3) is 0.500. The van der Waals surface area contributed by atoms with E-state index in [4.69, 9.17) is 5.73 Å². The number of aryl methyl sites for hydroxylation is 1. The summed E-state index contributed by atoms with van der Waals surface area (Å²) in [5, 5.41) is 1.15. The van der Waals surface area contributed by atoms with Gasteiger partial charge in [-0.1, -0.05) is 13.8 Å². The van der Waals surface area contributed by atoms with Gasteiger partial charge in [0.25, 0.3) is 0 Å². The number of nitrogens with zero attached hydrogens (tertiary/aromatic N) is 3. The summed E-state index contributed by atoms with van der Waals surface area (Å²) in [5.74, 6) is 1.25. The van der Waals surface area contributed by atoms with E-state index in [1.165, 1.54) is 0 Å². The minimum Gasteiger partial charge on any atom is -0.335 e. The Kier molecular flexibility index (Phi) is 2.92. The molecule has 0 spiro atoms. The average Bonchev–Trinajstić information content (AvgIpc) is 2.60. The summed E-state index contributed by atoms with van der Waals surface area (Å²) in [7, 11) is 2.01. The van der Waals surface area contributed by atoms with Gasteiger partial charge in [-0.3, -0.25) is 0 Å². The average molecular weight is 218 g/mol. The molecule has 0 saturated carbocycles. The molecular weight excluding hydrogens is 200 g/mol. The zero-order valence-corrected chi connectivity index (χ0v) is 10.1. The largest absolute Gasteiger partial charge is 0.335 e. The second-order valence-corrected chi connectivity index (χ2v) is 4.38. The van der Waals surface area contributed by atoms with Crippen molar-refractivity contribution in [1.29, 1.82) is 0 Å². The van der Waals surface area contributed by atoms with Gasteiger partial charge in [-0.05, 0) is 18.5 Å². The lowest BCUT2D eigenvalue weighted by atomic mass is 10.1. The lowest BCUT2D eigenvalue weighted by Crippen LogP contribution is -2.09. The minimum atomic E-state index is 0.407. The molecule has 0 saturated heterocycles. The highest BCUT2D eigenvalue weighted by Gasteiger charge is 2.12. The monoisotopic (exact) mass is 218 g/mol. The van der Waals surface area contributed by atoms with Crippen LogP contribution in [-0.2, 0) is 13.5 Å². The Morgan fingerprint density at radius 1 is 1.38 bits per heavy atom. The van der Waals surface area contributed by atoms with E-state index in [1.54, 1.807) is 0 Å². The molecule has 0 fully saturated rings. The third-order valence-corrected chi connectivity index (χ3v) is 2.72. The molecule has 2 heterocycles. The van der Waals surface area contributed by atoms with Crippen LogP contribution in [0.2, 0.25) is 0 Å². The van der Waals surface area contributed by atoms with Crippen molar-refractivity contribution in [3.63, 3.8) is 0 Å². The Hall–Kier alpha value is -1.42. The third kappa shape index (κ3) is 1.80. The summed E-state index contributed by atoms with van der Waals surface area (Å²) in [4.78, 5) is 9.14. The molecule has 86 valence electrons. The Labute approximate surface area is 95.5 Å². The first kappa shape index (κ1) is 11.1. The predicted molar refractivity (Wildman–Crippen MR) is 65.4 cm³/mol. The molecule has 0 atom stereocenters. The summed E-state index contributed by atoms with van der Waals surface area (Å²) in [6, 6.07) is 2.08. The molecule has 4 nitrogen and oxygen atoms in total. The minimum absolute atomic E-state index is 0.407. The van der Waals surface area contributed by atoms with Gasteiger partial charge in [-0.2, -0.15) is 0 Å². The van der Waals surface area contributed by atoms with Crippen molar-refractivity contribution in [3.05, 3.63) is 23.8 Å². The lowest BCUT2D eigenvalue weighted by molar-refractivity contribution is 0.784. The van der Waals surface area contributed by atoms with Crippen molar-refractivity contribution in [2.75, 3.05) is 6.54 Å². The van der Waals surface area contributed by atoms with Crippen LogP contribution in [-0.4, -0.2) is 21.1 Å². The SMILES string of the molecule is CC(C)c1nc(CCN)nc2c1ccn2C. The maximum atomic E-state index is 5.56. The molecule has 0 aliphatic rings. The number of hydrogen-bond donors (Lipinski definition) is 1. The Morgan fingerprint density at radius 3 is 2.75 bits per heavy atom. The van der Waals surface area contributed by atoms with Crippen molar-refractivity contribution in [1.82, 2.24) is 14.5 Å². The Bertz CT molecular complexity index is 499. The predicted octanol–water partition coefficient (Wildman–Crippen LogP) is 1.59. The summed E-state index contributed by atoms with van der Waals surface area (Å²) in [6.07, 6.45) is 2.76. The van der Waals surface area contributed by atoms with E-state index < -0.39 is 0 Å². The van der Waals surface area contributed by atoms with Gasteiger partial charge < -0.3 is 10.3 Å². The lowest BCUT2D eigenvalue weighted by Gasteiger charge is -2.09. The highest BCUT2D eigenvalue weighted by molar-refractivity contribution is 5.79.